The molecule has 1 aliphatic rings. The highest BCUT2D eigenvalue weighted by Crippen LogP contribution is 2.26. The molecule has 0 atom stereocenters. The summed E-state index contributed by atoms with van der Waals surface area (Å²) in [4.78, 5) is 11.8. The zero-order valence-corrected chi connectivity index (χ0v) is 11.8. The van der Waals surface area contributed by atoms with Crippen LogP contribution in [0.25, 0.3) is 0 Å². The van der Waals surface area contributed by atoms with Gasteiger partial charge < -0.3 is 10.1 Å². The number of rotatable bonds is 5. The Kier molecular flexibility index (Phi) is 4.86. The van der Waals surface area contributed by atoms with Crippen molar-refractivity contribution in [1.82, 2.24) is 5.32 Å². The van der Waals surface area contributed by atoms with Gasteiger partial charge in [0.25, 0.3) is 0 Å². The molecule has 0 heterocycles. The summed E-state index contributed by atoms with van der Waals surface area (Å²) in [6.45, 7) is 2.88. The summed E-state index contributed by atoms with van der Waals surface area (Å²) in [6, 6.07) is 7.71. The third-order valence-electron chi connectivity index (χ3n) is 3.19. The van der Waals surface area contributed by atoms with Gasteiger partial charge in [-0.25, -0.2) is 4.79 Å². The average molecular weight is 280 g/mol. The van der Waals surface area contributed by atoms with E-state index in [9.17, 15) is 4.79 Å². The summed E-state index contributed by atoms with van der Waals surface area (Å²) in [5, 5.41) is 4.06. The van der Waals surface area contributed by atoms with Gasteiger partial charge in [0.1, 0.15) is 0 Å². The normalized spacial score (nSPS) is 14.6. The van der Waals surface area contributed by atoms with Crippen LogP contribution in [-0.4, -0.2) is 12.6 Å². The monoisotopic (exact) mass is 279 g/mol. The number of hydrogen-bond donors (Lipinski definition) is 1. The smallest absolute Gasteiger partial charge is 0.335 e. The number of benzene rings is 1. The van der Waals surface area contributed by atoms with Crippen LogP contribution in [0.1, 0.15) is 31.7 Å². The van der Waals surface area contributed by atoms with Crippen LogP contribution in [0, 0.1) is 0 Å². The molecule has 2 rings (SSSR count). The molecule has 0 saturated heterocycles. The van der Waals surface area contributed by atoms with Gasteiger partial charge in [-0.2, -0.15) is 0 Å². The Balaban J connectivity index is 2.03. The van der Waals surface area contributed by atoms with Gasteiger partial charge in [0.2, 0.25) is 0 Å². The summed E-state index contributed by atoms with van der Waals surface area (Å²) in [5.41, 5.74) is 2.82. The summed E-state index contributed by atoms with van der Waals surface area (Å²) in [5.74, 6) is -0.193. The maximum absolute atomic E-state index is 11.8. The minimum Gasteiger partial charge on any atom is -0.463 e. The second-order valence-electron chi connectivity index (χ2n) is 4.48. The highest BCUT2D eigenvalue weighted by Gasteiger charge is 2.21. The highest BCUT2D eigenvalue weighted by molar-refractivity contribution is 6.31. The molecule has 0 amide bonds. The summed E-state index contributed by atoms with van der Waals surface area (Å²) in [6.07, 6.45) is 2.70. The van der Waals surface area contributed by atoms with Crippen molar-refractivity contribution in [3.63, 3.8) is 0 Å². The Labute approximate surface area is 118 Å². The molecule has 0 unspecified atom stereocenters. The first-order valence-corrected chi connectivity index (χ1v) is 6.96. The van der Waals surface area contributed by atoms with E-state index in [4.69, 9.17) is 16.3 Å². The van der Waals surface area contributed by atoms with E-state index in [1.165, 1.54) is 0 Å². The lowest BCUT2D eigenvalue weighted by atomic mass is 10.2. The van der Waals surface area contributed by atoms with E-state index >= 15 is 0 Å². The fraction of sp³-hybridized carbons (Fsp3) is 0.400. The van der Waals surface area contributed by atoms with Crippen LogP contribution in [0.15, 0.2) is 35.5 Å². The number of allylic oxidation sites excluding steroid dienone is 1. The fourth-order valence-corrected chi connectivity index (χ4v) is 2.43. The number of carbonyl (C=O) groups excluding carboxylic acids is 1. The van der Waals surface area contributed by atoms with E-state index in [1.54, 1.807) is 0 Å². The van der Waals surface area contributed by atoms with Crippen LogP contribution in [0.2, 0.25) is 5.02 Å². The second-order valence-corrected chi connectivity index (χ2v) is 4.88. The van der Waals surface area contributed by atoms with E-state index in [0.717, 1.165) is 41.1 Å². The van der Waals surface area contributed by atoms with Crippen molar-refractivity contribution in [3.05, 3.63) is 46.1 Å². The molecule has 0 saturated carbocycles. The number of ether oxygens (including phenoxy) is 1. The number of carbonyl (C=O) groups is 1. The molecule has 0 bridgehead atoms. The SMILES string of the molecule is CCOC(=O)C1=C(NCc2ccccc2Cl)CCC1. The molecule has 19 heavy (non-hydrogen) atoms. The van der Waals surface area contributed by atoms with Crippen LogP contribution in [-0.2, 0) is 16.1 Å². The molecule has 0 aliphatic heterocycles. The van der Waals surface area contributed by atoms with Crippen LogP contribution >= 0.6 is 11.6 Å². The predicted molar refractivity (Wildman–Crippen MR) is 75.8 cm³/mol. The first kappa shape index (κ1) is 13.9. The molecule has 1 aromatic rings. The molecule has 1 aliphatic carbocycles. The first-order chi connectivity index (χ1) is 9.22. The van der Waals surface area contributed by atoms with Gasteiger partial charge in [-0.1, -0.05) is 29.8 Å². The maximum atomic E-state index is 11.8. The minimum atomic E-state index is -0.193. The van der Waals surface area contributed by atoms with Crippen molar-refractivity contribution in [2.24, 2.45) is 0 Å². The molecule has 102 valence electrons. The number of hydrogen-bond acceptors (Lipinski definition) is 3. The van der Waals surface area contributed by atoms with E-state index in [0.29, 0.717) is 13.2 Å². The maximum Gasteiger partial charge on any atom is 0.335 e. The van der Waals surface area contributed by atoms with Gasteiger partial charge in [0.05, 0.1) is 12.2 Å². The van der Waals surface area contributed by atoms with Gasteiger partial charge in [-0.15, -0.1) is 0 Å². The molecule has 0 aromatic heterocycles. The Morgan fingerprint density at radius 1 is 1.37 bits per heavy atom. The van der Waals surface area contributed by atoms with Gasteiger partial charge in [0.15, 0.2) is 0 Å². The highest BCUT2D eigenvalue weighted by atomic mass is 35.5. The molecular formula is C15H18ClNO2. The Morgan fingerprint density at radius 2 is 2.16 bits per heavy atom. The lowest BCUT2D eigenvalue weighted by Gasteiger charge is -2.11. The molecule has 0 fully saturated rings. The summed E-state index contributed by atoms with van der Waals surface area (Å²) < 4.78 is 5.07. The molecule has 3 nitrogen and oxygen atoms in total. The van der Waals surface area contributed by atoms with Gasteiger partial charge in [0, 0.05) is 17.3 Å². The average Bonchev–Trinajstić information content (AvgIpc) is 2.86. The summed E-state index contributed by atoms with van der Waals surface area (Å²) >= 11 is 6.11. The number of esters is 1. The standard InChI is InChI=1S/C15H18ClNO2/c1-2-19-15(18)12-7-5-9-14(12)17-10-11-6-3-4-8-13(11)16/h3-4,6,8,17H,2,5,7,9-10H2,1H3. The molecule has 1 N–H and O–H groups in total. The zero-order valence-electron chi connectivity index (χ0n) is 11.0. The third-order valence-corrected chi connectivity index (χ3v) is 3.56. The Morgan fingerprint density at radius 3 is 2.89 bits per heavy atom. The molecule has 4 heteroatoms. The first-order valence-electron chi connectivity index (χ1n) is 6.58. The molecule has 0 spiro atoms. The fourth-order valence-electron chi connectivity index (χ4n) is 2.23. The van der Waals surface area contributed by atoms with E-state index in [2.05, 4.69) is 5.32 Å². The van der Waals surface area contributed by atoms with E-state index < -0.39 is 0 Å². The van der Waals surface area contributed by atoms with Crippen LogP contribution < -0.4 is 5.32 Å². The minimum absolute atomic E-state index is 0.193. The largest absolute Gasteiger partial charge is 0.463 e. The zero-order chi connectivity index (χ0) is 13.7. The molecule has 0 radical (unpaired) electrons. The van der Waals surface area contributed by atoms with E-state index in [-0.39, 0.29) is 5.97 Å². The molecule has 1 aromatic carbocycles. The number of halogens is 1. The van der Waals surface area contributed by atoms with Crippen LogP contribution in [0.3, 0.4) is 0 Å². The predicted octanol–water partition coefficient (Wildman–Crippen LogP) is 3.43. The Bertz CT molecular complexity index is 497. The second kappa shape index (κ2) is 6.62. The quantitative estimate of drug-likeness (QED) is 0.839. The van der Waals surface area contributed by atoms with E-state index in [1.807, 2.05) is 31.2 Å². The van der Waals surface area contributed by atoms with Crippen molar-refractivity contribution >= 4 is 17.6 Å². The van der Waals surface area contributed by atoms with Crippen LogP contribution in [0.4, 0.5) is 0 Å². The third kappa shape index (κ3) is 3.51. The van der Waals surface area contributed by atoms with Crippen molar-refractivity contribution < 1.29 is 9.53 Å². The van der Waals surface area contributed by atoms with Crippen LogP contribution in [0.5, 0.6) is 0 Å². The number of nitrogens with one attached hydrogen (secondary N) is 1. The molecular weight excluding hydrogens is 262 g/mol. The van der Waals surface area contributed by atoms with Crippen molar-refractivity contribution in [2.45, 2.75) is 32.7 Å². The van der Waals surface area contributed by atoms with Crippen molar-refractivity contribution in [2.75, 3.05) is 6.61 Å². The van der Waals surface area contributed by atoms with Gasteiger partial charge >= 0.3 is 5.97 Å². The lowest BCUT2D eigenvalue weighted by Crippen LogP contribution is -2.17. The lowest BCUT2D eigenvalue weighted by molar-refractivity contribution is -0.138. The Hall–Kier alpha value is -1.48. The van der Waals surface area contributed by atoms with Gasteiger partial charge in [-0.3, -0.25) is 0 Å². The topological polar surface area (TPSA) is 38.3 Å². The van der Waals surface area contributed by atoms with Gasteiger partial charge in [-0.05, 0) is 37.8 Å². The summed E-state index contributed by atoms with van der Waals surface area (Å²) in [7, 11) is 0. The van der Waals surface area contributed by atoms with Crippen molar-refractivity contribution in [1.29, 1.82) is 0 Å². The van der Waals surface area contributed by atoms with Crippen molar-refractivity contribution in [3.8, 4) is 0 Å².